The second kappa shape index (κ2) is 4.01. The summed E-state index contributed by atoms with van der Waals surface area (Å²) in [5, 5.41) is 14.1. The minimum absolute atomic E-state index is 0.250. The lowest BCUT2D eigenvalue weighted by atomic mass is 10.3. The van der Waals surface area contributed by atoms with Gasteiger partial charge in [0.2, 0.25) is 20.0 Å². The van der Waals surface area contributed by atoms with Gasteiger partial charge in [-0.05, 0) is 19.2 Å². The van der Waals surface area contributed by atoms with Gasteiger partial charge in [0, 0.05) is 6.07 Å². The molecule has 7 nitrogen and oxygen atoms in total. The van der Waals surface area contributed by atoms with E-state index in [9.17, 15) is 21.9 Å². The van der Waals surface area contributed by atoms with Gasteiger partial charge in [-0.15, -0.1) is 0 Å². The third-order valence-corrected chi connectivity index (χ3v) is 4.19. The Morgan fingerprint density at radius 3 is 2.19 bits per heavy atom. The second-order valence-electron chi connectivity index (χ2n) is 2.88. The molecule has 0 aromatic heterocycles. The number of hydrogen-bond donors (Lipinski definition) is 3. The van der Waals surface area contributed by atoms with E-state index < -0.39 is 30.7 Å². The number of nitrogens with two attached hydrogens (primary N) is 1. The molecule has 0 spiro atoms. The molecule has 0 saturated carbocycles. The Kier molecular flexibility index (Phi) is 3.24. The van der Waals surface area contributed by atoms with Crippen LogP contribution in [0.5, 0.6) is 5.75 Å². The molecule has 0 bridgehead atoms. The average molecular weight is 266 g/mol. The lowest BCUT2D eigenvalue weighted by Crippen LogP contribution is -2.19. The van der Waals surface area contributed by atoms with Crippen LogP contribution in [-0.4, -0.2) is 29.0 Å². The Morgan fingerprint density at radius 1 is 1.25 bits per heavy atom. The number of hydrogen-bond acceptors (Lipinski definition) is 5. The van der Waals surface area contributed by atoms with E-state index in [0.717, 1.165) is 18.2 Å². The lowest BCUT2D eigenvalue weighted by molar-refractivity contribution is 0.456. The maximum atomic E-state index is 11.3. The molecule has 0 aliphatic rings. The fraction of sp³-hybridized carbons (Fsp3) is 0.143. The summed E-state index contributed by atoms with van der Waals surface area (Å²) < 4.78 is 46.5. The zero-order valence-electron chi connectivity index (χ0n) is 8.21. The highest BCUT2D eigenvalue weighted by Crippen LogP contribution is 2.24. The smallest absolute Gasteiger partial charge is 0.241 e. The molecule has 16 heavy (non-hydrogen) atoms. The summed E-state index contributed by atoms with van der Waals surface area (Å²) >= 11 is 0. The number of benzene rings is 1. The van der Waals surface area contributed by atoms with Gasteiger partial charge in [0.15, 0.2) is 0 Å². The molecular weight excluding hydrogens is 256 g/mol. The Morgan fingerprint density at radius 2 is 1.81 bits per heavy atom. The largest absolute Gasteiger partial charge is 0.506 e. The zero-order valence-corrected chi connectivity index (χ0v) is 9.84. The van der Waals surface area contributed by atoms with Gasteiger partial charge in [0.1, 0.15) is 10.6 Å². The summed E-state index contributed by atoms with van der Waals surface area (Å²) in [6.07, 6.45) is 0. The maximum absolute atomic E-state index is 11.3. The van der Waals surface area contributed by atoms with Crippen molar-refractivity contribution >= 4 is 20.0 Å². The highest BCUT2D eigenvalue weighted by atomic mass is 32.2. The average Bonchev–Trinajstić information content (AvgIpc) is 2.15. The van der Waals surface area contributed by atoms with Crippen molar-refractivity contribution in [3.05, 3.63) is 18.2 Å². The van der Waals surface area contributed by atoms with Crippen molar-refractivity contribution in [2.45, 2.75) is 9.79 Å². The summed E-state index contributed by atoms with van der Waals surface area (Å²) in [6.45, 7) is 0. The monoisotopic (exact) mass is 266 g/mol. The van der Waals surface area contributed by atoms with Gasteiger partial charge >= 0.3 is 0 Å². The molecule has 1 aromatic carbocycles. The predicted octanol–water partition coefficient (Wildman–Crippen LogP) is -1.05. The minimum atomic E-state index is -4.07. The van der Waals surface area contributed by atoms with Gasteiger partial charge in [-0.25, -0.2) is 26.7 Å². The van der Waals surface area contributed by atoms with Crippen molar-refractivity contribution in [1.29, 1.82) is 0 Å². The summed E-state index contributed by atoms with van der Waals surface area (Å²) in [5.74, 6) is -0.709. The molecule has 0 atom stereocenters. The van der Waals surface area contributed by atoms with E-state index in [2.05, 4.69) is 0 Å². The Balaban J connectivity index is 3.42. The molecule has 0 fully saturated rings. The summed E-state index contributed by atoms with van der Waals surface area (Å²) in [5.41, 5.74) is 0. The first-order chi connectivity index (χ1) is 7.18. The Hall–Kier alpha value is -1.16. The van der Waals surface area contributed by atoms with Gasteiger partial charge < -0.3 is 5.11 Å². The predicted molar refractivity (Wildman–Crippen MR) is 55.7 cm³/mol. The molecule has 90 valence electrons. The molecule has 1 aromatic rings. The van der Waals surface area contributed by atoms with E-state index in [-0.39, 0.29) is 4.90 Å². The van der Waals surface area contributed by atoms with Crippen LogP contribution in [0.1, 0.15) is 0 Å². The van der Waals surface area contributed by atoms with Gasteiger partial charge in [0.05, 0.1) is 4.90 Å². The molecule has 9 heteroatoms. The quantitative estimate of drug-likeness (QED) is 0.643. The first-order valence-corrected chi connectivity index (χ1v) is 7.01. The van der Waals surface area contributed by atoms with E-state index in [1.54, 1.807) is 0 Å². The normalized spacial score (nSPS) is 12.6. The van der Waals surface area contributed by atoms with Gasteiger partial charge in [0.25, 0.3) is 0 Å². The second-order valence-corrected chi connectivity index (χ2v) is 6.30. The van der Waals surface area contributed by atoms with E-state index >= 15 is 0 Å². The fourth-order valence-corrected chi connectivity index (χ4v) is 2.38. The van der Waals surface area contributed by atoms with Crippen molar-refractivity contribution in [3.63, 3.8) is 0 Å². The van der Waals surface area contributed by atoms with Crippen LogP contribution in [0.3, 0.4) is 0 Å². The van der Waals surface area contributed by atoms with Gasteiger partial charge in [-0.3, -0.25) is 0 Å². The first-order valence-electron chi connectivity index (χ1n) is 3.98. The van der Waals surface area contributed by atoms with Crippen LogP contribution >= 0.6 is 0 Å². The zero-order chi connectivity index (χ0) is 12.6. The SMILES string of the molecule is CNS(=O)(=O)c1ccc(S(N)(=O)=O)c(O)c1. The molecule has 0 aliphatic heterocycles. The Labute approximate surface area is 93.0 Å². The van der Waals surface area contributed by atoms with Crippen LogP contribution in [0, 0.1) is 0 Å². The highest BCUT2D eigenvalue weighted by molar-refractivity contribution is 7.89. The van der Waals surface area contributed by atoms with E-state index in [0.29, 0.717) is 0 Å². The van der Waals surface area contributed by atoms with Crippen molar-refractivity contribution < 1.29 is 21.9 Å². The van der Waals surface area contributed by atoms with Crippen molar-refractivity contribution in [2.24, 2.45) is 5.14 Å². The number of primary sulfonamides is 1. The number of nitrogens with one attached hydrogen (secondary N) is 1. The molecule has 0 heterocycles. The van der Waals surface area contributed by atoms with Crippen LogP contribution in [0.25, 0.3) is 0 Å². The molecule has 0 unspecified atom stereocenters. The fourth-order valence-electron chi connectivity index (χ4n) is 1.02. The minimum Gasteiger partial charge on any atom is -0.506 e. The third kappa shape index (κ3) is 2.50. The number of aromatic hydroxyl groups is 1. The van der Waals surface area contributed by atoms with E-state index in [1.807, 2.05) is 4.72 Å². The molecule has 0 saturated heterocycles. The molecule has 1 rings (SSSR count). The maximum Gasteiger partial charge on any atom is 0.241 e. The molecule has 0 radical (unpaired) electrons. The standard InChI is InChI=1S/C7H10N2O5S2/c1-9-16(13,14)5-2-3-7(6(10)4-5)15(8,11)12/h2-4,9-10H,1H3,(H2,8,11,12). The van der Waals surface area contributed by atoms with E-state index in [1.165, 1.54) is 7.05 Å². The van der Waals surface area contributed by atoms with Crippen molar-refractivity contribution in [2.75, 3.05) is 7.05 Å². The van der Waals surface area contributed by atoms with Crippen molar-refractivity contribution in [3.8, 4) is 5.75 Å². The topological polar surface area (TPSA) is 127 Å². The van der Waals surface area contributed by atoms with Crippen LogP contribution in [0.15, 0.2) is 28.0 Å². The molecular formula is C7H10N2O5S2. The summed E-state index contributed by atoms with van der Waals surface area (Å²) in [7, 11) is -6.60. The Bertz CT molecular complexity index is 606. The van der Waals surface area contributed by atoms with Gasteiger partial charge in [-0.1, -0.05) is 0 Å². The number of sulfonamides is 2. The highest BCUT2D eigenvalue weighted by Gasteiger charge is 2.18. The summed E-state index contributed by atoms with van der Waals surface area (Å²) in [4.78, 5) is -0.776. The van der Waals surface area contributed by atoms with Crippen LogP contribution in [0.2, 0.25) is 0 Å². The van der Waals surface area contributed by atoms with Crippen LogP contribution in [-0.2, 0) is 20.0 Å². The molecule has 0 aliphatic carbocycles. The van der Waals surface area contributed by atoms with E-state index in [4.69, 9.17) is 5.14 Å². The molecule has 0 amide bonds. The lowest BCUT2D eigenvalue weighted by Gasteiger charge is -2.05. The van der Waals surface area contributed by atoms with Crippen molar-refractivity contribution in [1.82, 2.24) is 4.72 Å². The first kappa shape index (κ1) is 12.9. The summed E-state index contributed by atoms with van der Waals surface area (Å²) in [6, 6.07) is 2.77. The van der Waals surface area contributed by atoms with Crippen LogP contribution in [0.4, 0.5) is 0 Å². The third-order valence-electron chi connectivity index (χ3n) is 1.82. The molecule has 4 N–H and O–H groups in total. The van der Waals surface area contributed by atoms with Crippen LogP contribution < -0.4 is 9.86 Å². The number of phenols is 1. The van der Waals surface area contributed by atoms with Gasteiger partial charge in [-0.2, -0.15) is 0 Å². The number of rotatable bonds is 3. The number of phenolic OH excluding ortho intramolecular Hbond substituents is 1.